The third-order valence-corrected chi connectivity index (χ3v) is 13.9. The van der Waals surface area contributed by atoms with E-state index in [9.17, 15) is 0 Å². The zero-order chi connectivity index (χ0) is 46.9. The Morgan fingerprint density at radius 3 is 1.64 bits per heavy atom. The maximum absolute atomic E-state index is 6.72. The summed E-state index contributed by atoms with van der Waals surface area (Å²) in [6, 6.07) is 66.1. The van der Waals surface area contributed by atoms with E-state index in [1.165, 1.54) is 33.4 Å². The fraction of sp³-hybridized carbons (Fsp3) is 0.222. The second-order valence-electron chi connectivity index (χ2n) is 21.2. The largest absolute Gasteiger partial charge is 4.00 e. The summed E-state index contributed by atoms with van der Waals surface area (Å²) in [7, 11) is 0. The molecule has 1 aliphatic heterocycles. The monoisotopic (exact) mass is 1090 g/mol. The summed E-state index contributed by atoms with van der Waals surface area (Å²) in [6.45, 7) is 25.0. The van der Waals surface area contributed by atoms with Gasteiger partial charge in [-0.05, 0) is 92.1 Å². The van der Waals surface area contributed by atoms with Crippen LogP contribution in [0.1, 0.15) is 103 Å². The first-order valence-electron chi connectivity index (χ1n) is 23.4. The average molecular weight is 1090 g/mol. The number of aromatic nitrogens is 2. The number of hydrogen-bond donors (Lipinski definition) is 0. The Hall–Kier alpha value is -6.42. The predicted molar refractivity (Wildman–Crippen MR) is 285 cm³/mol. The van der Waals surface area contributed by atoms with E-state index in [1.807, 2.05) is 24.4 Å². The van der Waals surface area contributed by atoms with Gasteiger partial charge in [0, 0.05) is 51.1 Å². The van der Waals surface area contributed by atoms with Crippen LogP contribution in [0.4, 0.5) is 22.7 Å². The quantitative estimate of drug-likeness (QED) is 0.135. The number of para-hydroxylation sites is 2. The zero-order valence-corrected chi connectivity index (χ0v) is 44.0. The number of fused-ring (bicyclic) bond motifs is 4. The van der Waals surface area contributed by atoms with Gasteiger partial charge in [0.1, 0.15) is 5.82 Å². The first-order valence-corrected chi connectivity index (χ1v) is 23.4. The molecule has 2 aromatic heterocycles. The van der Waals surface area contributed by atoms with Gasteiger partial charge in [0.15, 0.2) is 0 Å². The van der Waals surface area contributed by atoms with Crippen LogP contribution in [0.25, 0.3) is 27.6 Å². The molecule has 0 amide bonds. The molecule has 6 heteroatoms. The third kappa shape index (κ3) is 9.15. The smallest absolute Gasteiger partial charge is 0.509 e. The van der Waals surface area contributed by atoms with Crippen molar-refractivity contribution < 1.29 is 25.8 Å². The summed E-state index contributed by atoms with van der Waals surface area (Å²) in [4.78, 5) is 9.48. The fourth-order valence-electron chi connectivity index (χ4n) is 9.47. The summed E-state index contributed by atoms with van der Waals surface area (Å²) in [5, 5.41) is 2.25. The minimum atomic E-state index is -0.256. The molecule has 0 saturated heterocycles. The molecule has 7 aromatic carbocycles. The summed E-state index contributed by atoms with van der Waals surface area (Å²) in [5.41, 5.74) is 13.1. The third-order valence-electron chi connectivity index (χ3n) is 13.9. The van der Waals surface area contributed by atoms with E-state index in [0.29, 0.717) is 11.5 Å². The van der Waals surface area contributed by atoms with E-state index >= 15 is 0 Å². The van der Waals surface area contributed by atoms with Gasteiger partial charge in [-0.2, -0.15) is 12.1 Å². The average Bonchev–Trinajstić information content (AvgIpc) is 3.87. The standard InChI is InChI=1S/C62H59N4O.CH3.Pt/c1-59(2,3)44-28-30-52-53-31-29-51(40-57(53)66(56(52)37-44)58-38-45(32-33-63-58)60(4,5)6)67-50-25-19-24-48(39-50)64-41-65(55-27-18-17-26-54(55)64)49-35-46(61(7,8)42-20-13-11-14-21-42)34-47(36-49)62(9,10)43-22-15-12-16-23-43;;/h11-38,41H,1-10H3;1H3;/q-3;-1;+4. The van der Waals surface area contributed by atoms with Gasteiger partial charge in [-0.25, -0.2) is 4.98 Å². The van der Waals surface area contributed by atoms with Crippen molar-refractivity contribution >= 4 is 44.6 Å². The van der Waals surface area contributed by atoms with Crippen LogP contribution in [0.15, 0.2) is 170 Å². The maximum atomic E-state index is 6.72. The topological polar surface area (TPSA) is 33.5 Å². The van der Waals surface area contributed by atoms with E-state index in [1.54, 1.807) is 0 Å². The van der Waals surface area contributed by atoms with E-state index in [0.717, 1.165) is 50.4 Å². The van der Waals surface area contributed by atoms with Crippen LogP contribution < -0.4 is 14.5 Å². The van der Waals surface area contributed by atoms with Gasteiger partial charge >= 0.3 is 21.1 Å². The van der Waals surface area contributed by atoms with Crippen molar-refractivity contribution in [3.05, 3.63) is 230 Å². The van der Waals surface area contributed by atoms with Crippen LogP contribution in [0, 0.1) is 26.2 Å². The Kier molecular flexibility index (Phi) is 13.1. The molecular formula is C63H62N4OPt. The Morgan fingerprint density at radius 2 is 1.03 bits per heavy atom. The van der Waals surface area contributed by atoms with Gasteiger partial charge in [-0.1, -0.05) is 166 Å². The Labute approximate surface area is 425 Å². The molecule has 350 valence electrons. The SMILES string of the molecule is CC(C)(C)c1ccnc(-n2c3[c-]c(Oc4[c-]c(N5[CH-]N(c6cc(C(C)(C)c7ccccc7)cc(C(C)(C)c7ccccc7)c6)c6ccccc65)ccc4)ccc3c3ccc(C(C)(C)C)cc32)c1.[CH3-].[Pt+4]. The number of nitrogens with zero attached hydrogens (tertiary/aromatic N) is 4. The molecule has 0 N–H and O–H groups in total. The summed E-state index contributed by atoms with van der Waals surface area (Å²) in [5.74, 6) is 2.06. The van der Waals surface area contributed by atoms with Crippen molar-refractivity contribution in [1.82, 2.24) is 9.55 Å². The van der Waals surface area contributed by atoms with Crippen LogP contribution in [-0.4, -0.2) is 9.55 Å². The minimum Gasteiger partial charge on any atom is -0.509 e. The number of rotatable bonds is 9. The minimum absolute atomic E-state index is 0. The Balaban J connectivity index is 0.00000321. The van der Waals surface area contributed by atoms with Crippen LogP contribution >= 0.6 is 0 Å². The molecule has 0 atom stereocenters. The molecular weight excluding hydrogens is 1020 g/mol. The molecule has 0 radical (unpaired) electrons. The molecule has 10 rings (SSSR count). The first kappa shape index (κ1) is 49.0. The zero-order valence-electron chi connectivity index (χ0n) is 41.8. The Morgan fingerprint density at radius 1 is 0.478 bits per heavy atom. The molecule has 69 heavy (non-hydrogen) atoms. The molecule has 0 spiro atoms. The Bertz CT molecular complexity index is 3210. The number of hydrogen-bond acceptors (Lipinski definition) is 4. The normalized spacial score (nSPS) is 13.0. The summed E-state index contributed by atoms with van der Waals surface area (Å²) >= 11 is 0. The van der Waals surface area contributed by atoms with Gasteiger partial charge in [-0.3, -0.25) is 0 Å². The van der Waals surface area contributed by atoms with Crippen LogP contribution in [0.5, 0.6) is 11.5 Å². The predicted octanol–water partition coefficient (Wildman–Crippen LogP) is 16.7. The molecule has 0 fully saturated rings. The summed E-state index contributed by atoms with van der Waals surface area (Å²) in [6.07, 6.45) is 1.92. The molecule has 0 aliphatic carbocycles. The molecule has 0 saturated carbocycles. The van der Waals surface area contributed by atoms with E-state index in [-0.39, 0.29) is 50.2 Å². The van der Waals surface area contributed by atoms with Crippen LogP contribution in [0.3, 0.4) is 0 Å². The van der Waals surface area contributed by atoms with E-state index in [2.05, 4.69) is 248 Å². The van der Waals surface area contributed by atoms with Crippen molar-refractivity contribution in [1.29, 1.82) is 0 Å². The van der Waals surface area contributed by atoms with Crippen molar-refractivity contribution in [3.8, 4) is 17.3 Å². The van der Waals surface area contributed by atoms with Gasteiger partial charge < -0.3 is 26.5 Å². The number of benzene rings is 7. The summed E-state index contributed by atoms with van der Waals surface area (Å²) < 4.78 is 8.97. The molecule has 5 nitrogen and oxygen atoms in total. The van der Waals surface area contributed by atoms with Gasteiger partial charge in [0.2, 0.25) is 0 Å². The maximum Gasteiger partial charge on any atom is 4.00 e. The molecule has 0 unspecified atom stereocenters. The second kappa shape index (κ2) is 18.5. The molecule has 1 aliphatic rings. The fourth-order valence-corrected chi connectivity index (χ4v) is 9.47. The molecule has 0 bridgehead atoms. The van der Waals surface area contributed by atoms with Crippen molar-refractivity contribution in [3.63, 3.8) is 0 Å². The number of ether oxygens (including phenoxy) is 1. The van der Waals surface area contributed by atoms with Crippen molar-refractivity contribution in [2.24, 2.45) is 0 Å². The number of pyridine rings is 1. The number of anilines is 4. The van der Waals surface area contributed by atoms with E-state index < -0.39 is 0 Å². The van der Waals surface area contributed by atoms with Gasteiger partial charge in [0.05, 0.1) is 0 Å². The van der Waals surface area contributed by atoms with E-state index in [4.69, 9.17) is 9.72 Å². The van der Waals surface area contributed by atoms with Crippen molar-refractivity contribution in [2.75, 3.05) is 9.80 Å². The first-order chi connectivity index (χ1) is 32.0. The van der Waals surface area contributed by atoms with Gasteiger partial charge in [0.25, 0.3) is 0 Å². The molecule has 9 aromatic rings. The van der Waals surface area contributed by atoms with Crippen LogP contribution in [0.2, 0.25) is 0 Å². The van der Waals surface area contributed by atoms with Gasteiger partial charge in [-0.15, -0.1) is 48.1 Å². The van der Waals surface area contributed by atoms with Crippen LogP contribution in [-0.2, 0) is 42.7 Å². The molecule has 3 heterocycles. The second-order valence-corrected chi connectivity index (χ2v) is 21.2. The van der Waals surface area contributed by atoms with Crippen molar-refractivity contribution in [2.45, 2.75) is 90.9 Å².